The van der Waals surface area contributed by atoms with Gasteiger partial charge in [0.1, 0.15) is 11.5 Å². The minimum absolute atomic E-state index is 0.286. The molecule has 0 radical (unpaired) electrons. The molecule has 0 unspecified atom stereocenters. The molecule has 0 spiro atoms. The van der Waals surface area contributed by atoms with Gasteiger partial charge in [0.25, 0.3) is 0 Å². The van der Waals surface area contributed by atoms with Crippen LogP contribution in [0, 0.1) is 0 Å². The lowest BCUT2D eigenvalue weighted by Gasteiger charge is -2.10. The Bertz CT molecular complexity index is 698. The molecule has 0 fully saturated rings. The normalized spacial score (nSPS) is 10.5. The fourth-order valence-electron chi connectivity index (χ4n) is 1.86. The zero-order valence-corrected chi connectivity index (χ0v) is 13.1. The molecule has 0 aromatic heterocycles. The van der Waals surface area contributed by atoms with Crippen LogP contribution in [0.3, 0.4) is 0 Å². The molecule has 2 aromatic rings. The zero-order valence-electron chi connectivity index (χ0n) is 12.3. The summed E-state index contributed by atoms with van der Waals surface area (Å²) in [5, 5.41) is 3.34. The van der Waals surface area contributed by atoms with Crippen molar-refractivity contribution in [2.75, 3.05) is 19.5 Å². The van der Waals surface area contributed by atoms with Gasteiger partial charge >= 0.3 is 0 Å². The highest BCUT2D eigenvalue weighted by Gasteiger charge is 2.07. The van der Waals surface area contributed by atoms with E-state index in [1.54, 1.807) is 37.5 Å². The number of benzene rings is 2. The molecule has 0 aliphatic carbocycles. The molecule has 0 saturated carbocycles. The summed E-state index contributed by atoms with van der Waals surface area (Å²) in [7, 11) is 3.10. The summed E-state index contributed by atoms with van der Waals surface area (Å²) in [4.78, 5) is 12.0. The number of amides is 1. The van der Waals surface area contributed by atoms with E-state index in [-0.39, 0.29) is 5.91 Å². The first-order chi connectivity index (χ1) is 10.6. The van der Waals surface area contributed by atoms with Crippen LogP contribution < -0.4 is 14.8 Å². The van der Waals surface area contributed by atoms with Gasteiger partial charge < -0.3 is 14.8 Å². The minimum Gasteiger partial charge on any atom is -0.497 e. The number of anilines is 1. The summed E-state index contributed by atoms with van der Waals surface area (Å²) in [6.45, 7) is 0. The van der Waals surface area contributed by atoms with Gasteiger partial charge in [-0.3, -0.25) is 4.79 Å². The maximum Gasteiger partial charge on any atom is 0.248 e. The van der Waals surface area contributed by atoms with Crippen LogP contribution in [0.25, 0.3) is 6.08 Å². The quantitative estimate of drug-likeness (QED) is 0.848. The second kappa shape index (κ2) is 7.52. The van der Waals surface area contributed by atoms with Gasteiger partial charge in [0, 0.05) is 17.2 Å². The predicted octanol–water partition coefficient (Wildman–Crippen LogP) is 4.01. The van der Waals surface area contributed by atoms with E-state index in [1.807, 2.05) is 18.2 Å². The van der Waals surface area contributed by atoms with Crippen molar-refractivity contribution in [3.8, 4) is 11.5 Å². The lowest BCUT2D eigenvalue weighted by molar-refractivity contribution is -0.111. The maximum atomic E-state index is 12.0. The summed E-state index contributed by atoms with van der Waals surface area (Å²) in [6.07, 6.45) is 3.07. The smallest absolute Gasteiger partial charge is 0.248 e. The molecule has 114 valence electrons. The maximum absolute atomic E-state index is 12.0. The molecule has 1 N–H and O–H groups in total. The second-order valence-electron chi connectivity index (χ2n) is 4.41. The second-order valence-corrected chi connectivity index (χ2v) is 4.82. The Balaban J connectivity index is 2.14. The molecule has 22 heavy (non-hydrogen) atoms. The van der Waals surface area contributed by atoms with E-state index < -0.39 is 0 Å². The summed E-state index contributed by atoms with van der Waals surface area (Å²) >= 11 is 6.04. The summed E-state index contributed by atoms with van der Waals surface area (Å²) in [6, 6.07) is 12.5. The van der Waals surface area contributed by atoms with Crippen molar-refractivity contribution in [2.24, 2.45) is 0 Å². The molecular formula is C17H16ClNO3. The zero-order chi connectivity index (χ0) is 15.9. The van der Waals surface area contributed by atoms with Crippen molar-refractivity contribution < 1.29 is 14.3 Å². The van der Waals surface area contributed by atoms with E-state index in [0.29, 0.717) is 22.2 Å². The number of hydrogen-bond acceptors (Lipinski definition) is 3. The van der Waals surface area contributed by atoms with Crippen LogP contribution in [-0.4, -0.2) is 20.1 Å². The lowest BCUT2D eigenvalue weighted by Crippen LogP contribution is -2.09. The van der Waals surface area contributed by atoms with E-state index in [9.17, 15) is 4.79 Å². The molecule has 0 aliphatic rings. The number of carbonyl (C=O) groups excluding carboxylic acids is 1. The Kier molecular flexibility index (Phi) is 5.44. The van der Waals surface area contributed by atoms with Gasteiger partial charge in [0.05, 0.1) is 19.9 Å². The van der Waals surface area contributed by atoms with Crippen LogP contribution >= 0.6 is 11.6 Å². The molecule has 4 nitrogen and oxygen atoms in total. The SMILES string of the molecule is COc1ccc(OC)c(NC(=O)/C=C/c2ccccc2Cl)c1. The van der Waals surface area contributed by atoms with Crippen molar-refractivity contribution in [3.05, 3.63) is 59.1 Å². The minimum atomic E-state index is -0.286. The Morgan fingerprint density at radius 2 is 1.91 bits per heavy atom. The summed E-state index contributed by atoms with van der Waals surface area (Å²) < 4.78 is 10.4. The van der Waals surface area contributed by atoms with Crippen LogP contribution in [0.1, 0.15) is 5.56 Å². The van der Waals surface area contributed by atoms with E-state index in [2.05, 4.69) is 5.32 Å². The predicted molar refractivity (Wildman–Crippen MR) is 88.7 cm³/mol. The molecule has 1 amide bonds. The number of rotatable bonds is 5. The van der Waals surface area contributed by atoms with Gasteiger partial charge in [-0.05, 0) is 29.8 Å². The number of ether oxygens (including phenoxy) is 2. The first kappa shape index (κ1) is 15.9. The van der Waals surface area contributed by atoms with E-state index in [4.69, 9.17) is 21.1 Å². The van der Waals surface area contributed by atoms with Crippen LogP contribution in [0.4, 0.5) is 5.69 Å². The molecular weight excluding hydrogens is 302 g/mol. The highest BCUT2D eigenvalue weighted by molar-refractivity contribution is 6.32. The molecule has 0 saturated heterocycles. The Labute approximate surface area is 134 Å². The van der Waals surface area contributed by atoms with Crippen molar-refractivity contribution in [1.29, 1.82) is 0 Å². The van der Waals surface area contributed by atoms with Gasteiger partial charge in [-0.2, -0.15) is 0 Å². The third-order valence-electron chi connectivity index (χ3n) is 2.98. The van der Waals surface area contributed by atoms with Gasteiger partial charge in [-0.25, -0.2) is 0 Å². The van der Waals surface area contributed by atoms with Gasteiger partial charge in [-0.1, -0.05) is 29.8 Å². The fourth-order valence-corrected chi connectivity index (χ4v) is 2.06. The van der Waals surface area contributed by atoms with Crippen LogP contribution in [0.15, 0.2) is 48.5 Å². The van der Waals surface area contributed by atoms with Crippen molar-refractivity contribution in [1.82, 2.24) is 0 Å². The molecule has 0 bridgehead atoms. The van der Waals surface area contributed by atoms with E-state index in [0.717, 1.165) is 5.56 Å². The van der Waals surface area contributed by atoms with Crippen molar-refractivity contribution in [2.45, 2.75) is 0 Å². The third-order valence-corrected chi connectivity index (χ3v) is 3.33. The Morgan fingerprint density at radius 1 is 1.14 bits per heavy atom. The van der Waals surface area contributed by atoms with Crippen molar-refractivity contribution >= 4 is 29.3 Å². The third kappa shape index (κ3) is 4.02. The summed E-state index contributed by atoms with van der Waals surface area (Å²) in [5.74, 6) is 0.901. The molecule has 0 aliphatic heterocycles. The molecule has 0 atom stereocenters. The van der Waals surface area contributed by atoms with Crippen LogP contribution in [0.2, 0.25) is 5.02 Å². The monoisotopic (exact) mass is 317 g/mol. The number of methoxy groups -OCH3 is 2. The molecule has 5 heteroatoms. The number of hydrogen-bond donors (Lipinski definition) is 1. The van der Waals surface area contributed by atoms with Crippen LogP contribution in [-0.2, 0) is 4.79 Å². The first-order valence-corrected chi connectivity index (χ1v) is 6.97. The highest BCUT2D eigenvalue weighted by atomic mass is 35.5. The summed E-state index contributed by atoms with van der Waals surface area (Å²) in [5.41, 5.74) is 1.31. The first-order valence-electron chi connectivity index (χ1n) is 6.59. The average molecular weight is 318 g/mol. The largest absolute Gasteiger partial charge is 0.497 e. The molecule has 0 heterocycles. The Morgan fingerprint density at radius 3 is 2.59 bits per heavy atom. The van der Waals surface area contributed by atoms with Crippen molar-refractivity contribution in [3.63, 3.8) is 0 Å². The van der Waals surface area contributed by atoms with Gasteiger partial charge in [0.2, 0.25) is 5.91 Å². The highest BCUT2D eigenvalue weighted by Crippen LogP contribution is 2.28. The lowest BCUT2D eigenvalue weighted by atomic mass is 10.2. The number of carbonyl (C=O) groups is 1. The molecule has 2 aromatic carbocycles. The number of nitrogens with one attached hydrogen (secondary N) is 1. The standard InChI is InChI=1S/C17H16ClNO3/c1-21-13-8-9-16(22-2)15(11-13)19-17(20)10-7-12-5-3-4-6-14(12)18/h3-11H,1-2H3,(H,19,20)/b10-7+. The van der Waals surface area contributed by atoms with E-state index >= 15 is 0 Å². The average Bonchev–Trinajstić information content (AvgIpc) is 2.54. The fraction of sp³-hybridized carbons (Fsp3) is 0.118. The number of halogens is 1. The van der Waals surface area contributed by atoms with E-state index in [1.165, 1.54) is 13.2 Å². The van der Waals surface area contributed by atoms with Gasteiger partial charge in [-0.15, -0.1) is 0 Å². The molecule has 2 rings (SSSR count). The topological polar surface area (TPSA) is 47.6 Å². The Hall–Kier alpha value is -2.46. The van der Waals surface area contributed by atoms with Crippen LogP contribution in [0.5, 0.6) is 11.5 Å². The van der Waals surface area contributed by atoms with Gasteiger partial charge in [0.15, 0.2) is 0 Å².